The van der Waals surface area contributed by atoms with E-state index in [4.69, 9.17) is 5.73 Å². The summed E-state index contributed by atoms with van der Waals surface area (Å²) in [7, 11) is 0. The minimum absolute atomic E-state index is 0. The molecule has 0 N–H and O–H groups in total. The van der Waals surface area contributed by atoms with Crippen LogP contribution in [0.15, 0.2) is 0 Å². The molecule has 0 saturated heterocycles. The minimum atomic E-state index is 0. The van der Waals surface area contributed by atoms with E-state index in [1.807, 2.05) is 0 Å². The summed E-state index contributed by atoms with van der Waals surface area (Å²) in [5.41, 5.74) is 7.10. The van der Waals surface area contributed by atoms with Gasteiger partial charge in [0.2, 0.25) is 0 Å². The molecular weight excluding hydrogens is 61.0 g/mol. The smallest absolute Gasteiger partial charge is 0.756 e. The second-order valence-electron chi connectivity index (χ2n) is 0.129. The summed E-state index contributed by atoms with van der Waals surface area (Å²) in [6, 6.07) is 1.25. The fraction of sp³-hybridized carbons (Fsp3) is 0. The predicted molar refractivity (Wildman–Crippen MR) is 19.1 cm³/mol. The zero-order valence-corrected chi connectivity index (χ0v) is 4.52. The molecule has 0 aliphatic carbocycles. The van der Waals surface area contributed by atoms with Crippen molar-refractivity contribution in [2.45, 2.75) is 0 Å². The first kappa shape index (κ1) is 8.84. The summed E-state index contributed by atoms with van der Waals surface area (Å²) in [6.07, 6.45) is 4.15. The molecule has 16 valence electrons. The molecule has 0 aromatic carbocycles. The summed E-state index contributed by atoms with van der Waals surface area (Å²) in [6.45, 7) is 0. The topological polar surface area (TPSA) is 22.3 Å². The summed E-state index contributed by atoms with van der Waals surface area (Å²) in [5, 5.41) is 0. The van der Waals surface area contributed by atoms with E-state index in [1.54, 1.807) is 0 Å². The summed E-state index contributed by atoms with van der Waals surface area (Å²) >= 11 is 0. The van der Waals surface area contributed by atoms with Crippen LogP contribution in [0.4, 0.5) is 0 Å². The first-order valence-corrected chi connectivity index (χ1v) is 0.512. The molecule has 0 fully saturated rings. The fourth-order valence-corrected chi connectivity index (χ4v) is 0. The van der Waals surface area contributed by atoms with Crippen molar-refractivity contribution >= 4 is 29.6 Å². The van der Waals surface area contributed by atoms with Gasteiger partial charge in [0.25, 0.3) is 0 Å². The van der Waals surface area contributed by atoms with E-state index in [-0.39, 0.29) is 31.0 Å². The van der Waals surface area contributed by atoms with Gasteiger partial charge in [0.15, 0.2) is 0 Å². The van der Waals surface area contributed by atoms with Crippen LogP contribution in [0, 0.1) is 12.5 Å². The van der Waals surface area contributed by atoms with Gasteiger partial charge in [0, 0.05) is 29.6 Å². The van der Waals surface area contributed by atoms with Gasteiger partial charge in [-0.25, -0.2) is 6.04 Å². The van der Waals surface area contributed by atoms with Gasteiger partial charge >= 0.3 is 1.43 Å². The van der Waals surface area contributed by atoms with Gasteiger partial charge in [0.05, 0.1) is 0 Å². The largest absolute Gasteiger partial charge is 1.00 e. The average Bonchev–Trinajstić information content (AvgIpc) is 0.918. The number of hydrogen-bond acceptors (Lipinski definition) is 0. The monoisotopic (exact) mass is 63.0 g/mol. The van der Waals surface area contributed by atoms with Crippen molar-refractivity contribution in [3.8, 4) is 12.5 Å². The SMILES string of the molecule is C#C[N-].[H+].[Na]. The Balaban J connectivity index is -0.0000000200. The molecule has 2 heteroatoms. The molecule has 0 saturated carbocycles. The van der Waals surface area contributed by atoms with Gasteiger partial charge < -0.3 is 5.73 Å². The Morgan fingerprint density at radius 2 is 2.00 bits per heavy atom. The minimum Gasteiger partial charge on any atom is -0.756 e. The van der Waals surface area contributed by atoms with Crippen molar-refractivity contribution in [1.82, 2.24) is 0 Å². The van der Waals surface area contributed by atoms with Crippen molar-refractivity contribution in [2.75, 3.05) is 0 Å². The third-order valence-corrected chi connectivity index (χ3v) is 0. The van der Waals surface area contributed by atoms with Gasteiger partial charge in [-0.1, -0.05) is 0 Å². The van der Waals surface area contributed by atoms with Crippen LogP contribution < -0.4 is 0 Å². The summed E-state index contributed by atoms with van der Waals surface area (Å²) < 4.78 is 0. The molecule has 0 spiro atoms. The molecule has 0 aliphatic heterocycles. The molecule has 0 aliphatic rings. The first-order chi connectivity index (χ1) is 1.41. The van der Waals surface area contributed by atoms with E-state index in [0.29, 0.717) is 0 Å². The molecule has 1 nitrogen and oxygen atoms in total. The standard InChI is InChI=1S/C2HN.Na/c1-2-3;/h1H;/q-1;/p+1. The van der Waals surface area contributed by atoms with E-state index in [9.17, 15) is 0 Å². The van der Waals surface area contributed by atoms with Gasteiger partial charge in [-0.15, -0.1) is 6.42 Å². The first-order valence-electron chi connectivity index (χ1n) is 0.512. The summed E-state index contributed by atoms with van der Waals surface area (Å²) in [4.78, 5) is 0. The van der Waals surface area contributed by atoms with Crippen molar-refractivity contribution in [2.24, 2.45) is 0 Å². The van der Waals surface area contributed by atoms with Gasteiger partial charge in [-0.2, -0.15) is 0 Å². The fourth-order valence-electron chi connectivity index (χ4n) is 0. The van der Waals surface area contributed by atoms with Crippen LogP contribution in [0.2, 0.25) is 0 Å². The molecule has 0 aromatic rings. The van der Waals surface area contributed by atoms with Crippen molar-refractivity contribution in [3.63, 3.8) is 0 Å². The molecule has 0 bridgehead atoms. The van der Waals surface area contributed by atoms with E-state index >= 15 is 0 Å². The Morgan fingerprint density at radius 1 is 2.00 bits per heavy atom. The zero-order valence-electron chi connectivity index (χ0n) is 3.52. The van der Waals surface area contributed by atoms with E-state index in [0.717, 1.165) is 0 Å². The maximum absolute atomic E-state index is 7.10. The molecule has 0 unspecified atom stereocenters. The van der Waals surface area contributed by atoms with Crippen molar-refractivity contribution in [1.29, 1.82) is 0 Å². The second-order valence-corrected chi connectivity index (χ2v) is 0.129. The maximum Gasteiger partial charge on any atom is 1.00 e. The van der Waals surface area contributed by atoms with Gasteiger partial charge in [0.1, 0.15) is 0 Å². The molecule has 2 radical (unpaired) electrons. The van der Waals surface area contributed by atoms with Crippen LogP contribution in [0.3, 0.4) is 0 Å². The Hall–Kier alpha value is 0.360. The number of nitrogens with zero attached hydrogens (tertiary/aromatic N) is 1. The quantitative estimate of drug-likeness (QED) is 0.282. The average molecular weight is 63.0 g/mol. The molecule has 0 rings (SSSR count). The third kappa shape index (κ3) is 33.7. The van der Waals surface area contributed by atoms with Crippen LogP contribution >= 0.6 is 0 Å². The van der Waals surface area contributed by atoms with E-state index < -0.39 is 0 Å². The molecule has 0 amide bonds. The van der Waals surface area contributed by atoms with Crippen LogP contribution in [0.25, 0.3) is 5.73 Å². The second kappa shape index (κ2) is 10.1. The van der Waals surface area contributed by atoms with Crippen LogP contribution in [-0.4, -0.2) is 29.6 Å². The van der Waals surface area contributed by atoms with E-state index in [1.165, 1.54) is 6.04 Å². The maximum atomic E-state index is 7.10. The third-order valence-electron chi connectivity index (χ3n) is 0. The normalized spacial score (nSPS) is 1.75. The molecule has 4 heavy (non-hydrogen) atoms. The number of rotatable bonds is 0. The van der Waals surface area contributed by atoms with Gasteiger partial charge in [-0.3, -0.25) is 0 Å². The van der Waals surface area contributed by atoms with Crippen molar-refractivity contribution < 1.29 is 1.43 Å². The molecule has 0 atom stereocenters. The Labute approximate surface area is 49.3 Å². The van der Waals surface area contributed by atoms with Crippen molar-refractivity contribution in [3.05, 3.63) is 5.73 Å². The summed E-state index contributed by atoms with van der Waals surface area (Å²) in [5.74, 6) is 0. The Bertz CT molecular complexity index is 31.1. The molecular formula is C2H2NNa. The van der Waals surface area contributed by atoms with Crippen LogP contribution in [0.1, 0.15) is 1.43 Å². The van der Waals surface area contributed by atoms with Gasteiger partial charge in [-0.05, 0) is 0 Å². The number of terminal acetylenes is 1. The predicted octanol–water partition coefficient (Wildman–Crippen LogP) is 0.147. The van der Waals surface area contributed by atoms with E-state index in [2.05, 4.69) is 6.42 Å². The Kier molecular flexibility index (Phi) is 22.4. The van der Waals surface area contributed by atoms with Crippen LogP contribution in [-0.2, 0) is 0 Å². The number of hydrogen-bond donors (Lipinski definition) is 0. The van der Waals surface area contributed by atoms with Crippen LogP contribution in [0.5, 0.6) is 0 Å². The zero-order chi connectivity index (χ0) is 2.71. The molecule has 0 heterocycles. The molecule has 0 aromatic heterocycles. The Morgan fingerprint density at radius 3 is 2.00 bits per heavy atom.